The molecule has 0 fully saturated rings. The molecule has 0 bridgehead atoms. The molecule has 6 nitrogen and oxygen atoms in total. The van der Waals surface area contributed by atoms with Crippen LogP contribution < -0.4 is 5.32 Å². The molecule has 2 rings (SSSR count). The second kappa shape index (κ2) is 5.31. The molecule has 6 heteroatoms. The highest BCUT2D eigenvalue weighted by molar-refractivity contribution is 5.40. The molecule has 0 unspecified atom stereocenters. The molecule has 0 aliphatic rings. The number of hydrogen-bond acceptors (Lipinski definition) is 4. The highest BCUT2D eigenvalue weighted by atomic mass is 16.6. The van der Waals surface area contributed by atoms with E-state index in [4.69, 9.17) is 0 Å². The lowest BCUT2D eigenvalue weighted by molar-refractivity contribution is -0.385. The Kier molecular flexibility index (Phi) is 3.57. The minimum absolute atomic E-state index is 0.00276. The van der Waals surface area contributed by atoms with E-state index in [1.54, 1.807) is 6.07 Å². The number of pyridine rings is 1. The first kappa shape index (κ1) is 12.1. The smallest absolute Gasteiger partial charge is 0.287 e. The third kappa shape index (κ3) is 2.85. The van der Waals surface area contributed by atoms with Gasteiger partial charge in [-0.1, -0.05) is 0 Å². The van der Waals surface area contributed by atoms with E-state index in [0.717, 1.165) is 13.0 Å². The zero-order valence-corrected chi connectivity index (χ0v) is 10.0. The summed E-state index contributed by atoms with van der Waals surface area (Å²) < 4.78 is 2.06. The van der Waals surface area contributed by atoms with E-state index in [0.29, 0.717) is 5.82 Å². The van der Waals surface area contributed by atoms with Crippen LogP contribution in [0.25, 0.3) is 0 Å². The molecule has 0 spiro atoms. The first-order valence-electron chi connectivity index (χ1n) is 5.61. The number of nitro groups is 1. The summed E-state index contributed by atoms with van der Waals surface area (Å²) in [5.41, 5.74) is 1.23. The van der Waals surface area contributed by atoms with Gasteiger partial charge in [-0.3, -0.25) is 10.1 Å². The molecule has 2 aromatic heterocycles. The van der Waals surface area contributed by atoms with Gasteiger partial charge >= 0.3 is 0 Å². The molecule has 0 aromatic carbocycles. The number of nitrogens with one attached hydrogen (secondary N) is 1. The summed E-state index contributed by atoms with van der Waals surface area (Å²) in [7, 11) is 2.00. The van der Waals surface area contributed by atoms with Crippen LogP contribution in [0, 0.1) is 10.1 Å². The Labute approximate surface area is 104 Å². The van der Waals surface area contributed by atoms with Gasteiger partial charge in [0.15, 0.2) is 0 Å². The fourth-order valence-electron chi connectivity index (χ4n) is 1.67. The first-order valence-corrected chi connectivity index (χ1v) is 5.61. The van der Waals surface area contributed by atoms with Crippen molar-refractivity contribution in [2.75, 3.05) is 11.9 Å². The molecule has 0 atom stereocenters. The normalized spacial score (nSPS) is 10.3. The second-order valence-electron chi connectivity index (χ2n) is 3.95. The lowest BCUT2D eigenvalue weighted by Crippen LogP contribution is -2.08. The number of aromatic nitrogens is 2. The number of nitrogens with zero attached hydrogens (tertiary/aromatic N) is 3. The molecule has 1 N–H and O–H groups in total. The van der Waals surface area contributed by atoms with Crippen LogP contribution in [0.1, 0.15) is 5.69 Å². The topological polar surface area (TPSA) is 73.0 Å². The molecule has 0 radical (unpaired) electrons. The maximum absolute atomic E-state index is 10.5. The second-order valence-corrected chi connectivity index (χ2v) is 3.95. The molecule has 0 saturated carbocycles. The summed E-state index contributed by atoms with van der Waals surface area (Å²) in [4.78, 5) is 14.0. The van der Waals surface area contributed by atoms with Gasteiger partial charge in [0.25, 0.3) is 5.69 Å². The molecular formula is C12H14N4O2. The van der Waals surface area contributed by atoms with E-state index in [9.17, 15) is 10.1 Å². The molecule has 2 heterocycles. The average Bonchev–Trinajstić information content (AvgIpc) is 2.76. The van der Waals surface area contributed by atoms with Crippen LogP contribution in [0.15, 0.2) is 36.7 Å². The molecule has 0 saturated heterocycles. The van der Waals surface area contributed by atoms with Crippen molar-refractivity contribution in [2.24, 2.45) is 7.05 Å². The zero-order chi connectivity index (χ0) is 13.0. The van der Waals surface area contributed by atoms with Gasteiger partial charge in [-0.2, -0.15) is 0 Å². The van der Waals surface area contributed by atoms with Crippen LogP contribution in [-0.2, 0) is 13.5 Å². The lowest BCUT2D eigenvalue weighted by atomic mass is 10.3. The van der Waals surface area contributed by atoms with Gasteiger partial charge in [0.1, 0.15) is 12.0 Å². The standard InChI is InChI=1S/C12H14N4O2/c1-15-8-2-3-10(15)6-7-13-12-5-4-11(9-14-12)16(17)18/h2-5,8-9H,6-7H2,1H3,(H,13,14). The Bertz CT molecular complexity index is 533. The van der Waals surface area contributed by atoms with Crippen LogP contribution in [-0.4, -0.2) is 21.0 Å². The third-order valence-corrected chi connectivity index (χ3v) is 2.70. The Balaban J connectivity index is 1.87. The fourth-order valence-corrected chi connectivity index (χ4v) is 1.67. The monoisotopic (exact) mass is 246 g/mol. The van der Waals surface area contributed by atoms with Crippen molar-refractivity contribution in [2.45, 2.75) is 6.42 Å². The summed E-state index contributed by atoms with van der Waals surface area (Å²) in [5, 5.41) is 13.6. The molecule has 0 aliphatic heterocycles. The summed E-state index contributed by atoms with van der Waals surface area (Å²) >= 11 is 0. The molecular weight excluding hydrogens is 232 g/mol. The SMILES string of the molecule is Cn1cccc1CCNc1ccc([N+](=O)[O-])cn1. The summed E-state index contributed by atoms with van der Waals surface area (Å²) in [6.07, 6.45) is 4.13. The minimum Gasteiger partial charge on any atom is -0.370 e. The highest BCUT2D eigenvalue weighted by Gasteiger charge is 2.04. The van der Waals surface area contributed by atoms with Gasteiger partial charge in [-0.15, -0.1) is 0 Å². The van der Waals surface area contributed by atoms with Crippen molar-refractivity contribution >= 4 is 11.5 Å². The number of anilines is 1. The Hall–Kier alpha value is -2.37. The van der Waals surface area contributed by atoms with Gasteiger partial charge in [0, 0.05) is 38.0 Å². The van der Waals surface area contributed by atoms with Gasteiger partial charge in [0.2, 0.25) is 0 Å². The predicted molar refractivity (Wildman–Crippen MR) is 68.5 cm³/mol. The van der Waals surface area contributed by atoms with Crippen molar-refractivity contribution in [1.82, 2.24) is 9.55 Å². The summed E-state index contributed by atoms with van der Waals surface area (Å²) in [6.45, 7) is 0.739. The minimum atomic E-state index is -0.458. The number of hydrogen-bond donors (Lipinski definition) is 1. The van der Waals surface area contributed by atoms with Crippen molar-refractivity contribution < 1.29 is 4.92 Å². The van der Waals surface area contributed by atoms with Crippen molar-refractivity contribution in [3.8, 4) is 0 Å². The Morgan fingerprint density at radius 1 is 1.44 bits per heavy atom. The van der Waals surface area contributed by atoms with E-state index in [1.165, 1.54) is 18.0 Å². The molecule has 0 aliphatic carbocycles. The van der Waals surface area contributed by atoms with Crippen molar-refractivity contribution in [1.29, 1.82) is 0 Å². The van der Waals surface area contributed by atoms with Crippen LogP contribution >= 0.6 is 0 Å². The van der Waals surface area contributed by atoms with E-state index in [2.05, 4.69) is 20.9 Å². The molecule has 0 amide bonds. The molecule has 18 heavy (non-hydrogen) atoms. The van der Waals surface area contributed by atoms with E-state index < -0.39 is 4.92 Å². The van der Waals surface area contributed by atoms with Crippen LogP contribution in [0.4, 0.5) is 11.5 Å². The average molecular weight is 246 g/mol. The Morgan fingerprint density at radius 2 is 2.28 bits per heavy atom. The summed E-state index contributed by atoms with van der Waals surface area (Å²) in [6, 6.07) is 7.12. The number of rotatable bonds is 5. The van der Waals surface area contributed by atoms with Gasteiger partial charge in [-0.05, 0) is 18.2 Å². The van der Waals surface area contributed by atoms with E-state index >= 15 is 0 Å². The fraction of sp³-hybridized carbons (Fsp3) is 0.250. The van der Waals surface area contributed by atoms with E-state index in [-0.39, 0.29) is 5.69 Å². The third-order valence-electron chi connectivity index (χ3n) is 2.70. The largest absolute Gasteiger partial charge is 0.370 e. The summed E-state index contributed by atoms with van der Waals surface area (Å²) in [5.74, 6) is 0.648. The van der Waals surface area contributed by atoms with Crippen LogP contribution in [0.3, 0.4) is 0 Å². The number of aryl methyl sites for hydroxylation is 1. The maximum Gasteiger partial charge on any atom is 0.287 e. The highest BCUT2D eigenvalue weighted by Crippen LogP contribution is 2.11. The van der Waals surface area contributed by atoms with Gasteiger partial charge in [0.05, 0.1) is 4.92 Å². The predicted octanol–water partition coefficient (Wildman–Crippen LogP) is 1.98. The molecule has 2 aromatic rings. The van der Waals surface area contributed by atoms with Crippen molar-refractivity contribution in [3.05, 3.63) is 52.5 Å². The quantitative estimate of drug-likeness (QED) is 0.646. The Morgan fingerprint density at radius 3 is 2.83 bits per heavy atom. The first-order chi connectivity index (χ1) is 8.66. The van der Waals surface area contributed by atoms with Crippen molar-refractivity contribution in [3.63, 3.8) is 0 Å². The van der Waals surface area contributed by atoms with Gasteiger partial charge in [-0.25, -0.2) is 4.98 Å². The lowest BCUT2D eigenvalue weighted by Gasteiger charge is -2.06. The van der Waals surface area contributed by atoms with Gasteiger partial charge < -0.3 is 9.88 Å². The maximum atomic E-state index is 10.5. The van der Waals surface area contributed by atoms with E-state index in [1.807, 2.05) is 19.3 Å². The van der Waals surface area contributed by atoms with Crippen LogP contribution in [0.2, 0.25) is 0 Å². The zero-order valence-electron chi connectivity index (χ0n) is 10.0. The van der Waals surface area contributed by atoms with Crippen LogP contribution in [0.5, 0.6) is 0 Å². The molecule has 94 valence electrons.